The summed E-state index contributed by atoms with van der Waals surface area (Å²) in [6.45, 7) is 5.95. The largest absolute Gasteiger partial charge is 0.465 e. The van der Waals surface area contributed by atoms with Crippen LogP contribution in [-0.4, -0.2) is 35.0 Å². The van der Waals surface area contributed by atoms with Gasteiger partial charge >= 0.3 is 5.97 Å². The van der Waals surface area contributed by atoms with Crippen LogP contribution in [0.25, 0.3) is 0 Å². The number of carbonyl (C=O) groups is 2. The van der Waals surface area contributed by atoms with E-state index in [0.717, 1.165) is 11.1 Å². The predicted molar refractivity (Wildman–Crippen MR) is 77.6 cm³/mol. The molecule has 0 atom stereocenters. The smallest absolute Gasteiger partial charge is 0.325 e. The number of nitrogens with zero attached hydrogens (tertiary/aromatic N) is 1. The van der Waals surface area contributed by atoms with Gasteiger partial charge in [0, 0.05) is 12.1 Å². The zero-order valence-corrected chi connectivity index (χ0v) is 12.1. The summed E-state index contributed by atoms with van der Waals surface area (Å²) in [6, 6.07) is 3.57. The van der Waals surface area contributed by atoms with Crippen molar-refractivity contribution in [1.29, 1.82) is 0 Å². The Bertz CT molecular complexity index is 580. The van der Waals surface area contributed by atoms with Gasteiger partial charge in [0.25, 0.3) is 5.91 Å². The molecular weight excluding hydrogens is 270 g/mol. The molecule has 1 heterocycles. The molecule has 1 amide bonds. The van der Waals surface area contributed by atoms with Gasteiger partial charge in [-0.3, -0.25) is 9.59 Å². The quantitative estimate of drug-likeness (QED) is 0.635. The second-order valence-electron chi connectivity index (χ2n) is 4.90. The standard InChI is InChI=1S/C16H19NO4/c1-3-5-12-6-11(10-18)7-13-14(12)8-17(16(13)20)9-15(19)21-4-2/h3,6-7,18H,1,4-5,8-10H2,2H3. The summed E-state index contributed by atoms with van der Waals surface area (Å²) in [5.41, 5.74) is 3.12. The normalized spacial score (nSPS) is 13.2. The Balaban J connectivity index is 2.28. The third-order valence-corrected chi connectivity index (χ3v) is 3.44. The van der Waals surface area contributed by atoms with Crippen LogP contribution in [0.2, 0.25) is 0 Å². The molecule has 1 aliphatic heterocycles. The van der Waals surface area contributed by atoms with E-state index in [9.17, 15) is 14.7 Å². The highest BCUT2D eigenvalue weighted by molar-refractivity contribution is 6.00. The van der Waals surface area contributed by atoms with Crippen LogP contribution < -0.4 is 0 Å². The first-order valence-electron chi connectivity index (χ1n) is 6.92. The van der Waals surface area contributed by atoms with E-state index in [-0.39, 0.29) is 19.1 Å². The second-order valence-corrected chi connectivity index (χ2v) is 4.90. The van der Waals surface area contributed by atoms with Crippen molar-refractivity contribution in [2.45, 2.75) is 26.5 Å². The molecule has 0 spiro atoms. The van der Waals surface area contributed by atoms with E-state index in [1.807, 2.05) is 6.07 Å². The van der Waals surface area contributed by atoms with Crippen molar-refractivity contribution in [3.05, 3.63) is 47.0 Å². The van der Waals surface area contributed by atoms with E-state index in [4.69, 9.17) is 4.74 Å². The molecule has 1 aliphatic rings. The average molecular weight is 289 g/mol. The number of aliphatic hydroxyl groups is 1. The monoisotopic (exact) mass is 289 g/mol. The lowest BCUT2D eigenvalue weighted by molar-refractivity contribution is -0.143. The number of fused-ring (bicyclic) bond motifs is 1. The van der Waals surface area contributed by atoms with Gasteiger partial charge < -0.3 is 14.7 Å². The Labute approximate surface area is 123 Å². The highest BCUT2D eigenvalue weighted by atomic mass is 16.5. The minimum absolute atomic E-state index is 0.0522. The van der Waals surface area contributed by atoms with Crippen molar-refractivity contribution in [3.63, 3.8) is 0 Å². The van der Waals surface area contributed by atoms with Crippen molar-refractivity contribution in [2.75, 3.05) is 13.2 Å². The Morgan fingerprint density at radius 2 is 2.29 bits per heavy atom. The van der Waals surface area contributed by atoms with Crippen LogP contribution >= 0.6 is 0 Å². The van der Waals surface area contributed by atoms with E-state index < -0.39 is 5.97 Å². The number of hydrogen-bond acceptors (Lipinski definition) is 4. The van der Waals surface area contributed by atoms with Gasteiger partial charge in [-0.15, -0.1) is 6.58 Å². The lowest BCUT2D eigenvalue weighted by Crippen LogP contribution is -2.31. The van der Waals surface area contributed by atoms with Crippen LogP contribution in [0.5, 0.6) is 0 Å². The Morgan fingerprint density at radius 1 is 1.52 bits per heavy atom. The molecule has 1 aromatic carbocycles. The van der Waals surface area contributed by atoms with Gasteiger partial charge in [0.15, 0.2) is 0 Å². The van der Waals surface area contributed by atoms with Crippen LogP contribution in [0.3, 0.4) is 0 Å². The van der Waals surface area contributed by atoms with Gasteiger partial charge in [-0.05, 0) is 36.1 Å². The molecule has 2 rings (SSSR count). The summed E-state index contributed by atoms with van der Waals surface area (Å²) in [5.74, 6) is -0.607. The number of aliphatic hydroxyl groups excluding tert-OH is 1. The second kappa shape index (κ2) is 6.54. The molecule has 0 fully saturated rings. The topological polar surface area (TPSA) is 66.8 Å². The van der Waals surface area contributed by atoms with Crippen LogP contribution in [0.15, 0.2) is 24.8 Å². The highest BCUT2D eigenvalue weighted by Crippen LogP contribution is 2.28. The van der Waals surface area contributed by atoms with Gasteiger partial charge in [0.1, 0.15) is 6.54 Å². The van der Waals surface area contributed by atoms with Crippen molar-refractivity contribution in [2.24, 2.45) is 0 Å². The number of rotatable bonds is 6. The number of benzene rings is 1. The molecule has 0 radical (unpaired) electrons. The molecule has 1 aromatic rings. The number of amides is 1. The molecule has 5 heteroatoms. The predicted octanol–water partition coefficient (Wildman–Crippen LogP) is 1.43. The van der Waals surface area contributed by atoms with Gasteiger partial charge in [0.05, 0.1) is 13.2 Å². The molecule has 0 saturated heterocycles. The first kappa shape index (κ1) is 15.3. The molecule has 0 bridgehead atoms. The van der Waals surface area contributed by atoms with Gasteiger partial charge in [0.2, 0.25) is 0 Å². The Hall–Kier alpha value is -2.14. The van der Waals surface area contributed by atoms with E-state index in [0.29, 0.717) is 30.7 Å². The summed E-state index contributed by atoms with van der Waals surface area (Å²) in [7, 11) is 0. The van der Waals surface area contributed by atoms with E-state index in [1.165, 1.54) is 4.90 Å². The lowest BCUT2D eigenvalue weighted by Gasteiger charge is -2.14. The fourth-order valence-electron chi connectivity index (χ4n) is 2.53. The summed E-state index contributed by atoms with van der Waals surface area (Å²) >= 11 is 0. The molecule has 21 heavy (non-hydrogen) atoms. The van der Waals surface area contributed by atoms with Crippen molar-refractivity contribution < 1.29 is 19.4 Å². The molecule has 0 aliphatic carbocycles. The first-order chi connectivity index (χ1) is 10.1. The molecule has 1 N–H and O–H groups in total. The third-order valence-electron chi connectivity index (χ3n) is 3.44. The van der Waals surface area contributed by atoms with E-state index >= 15 is 0 Å². The molecule has 0 unspecified atom stereocenters. The van der Waals surface area contributed by atoms with Gasteiger partial charge in [-0.2, -0.15) is 0 Å². The Morgan fingerprint density at radius 3 is 2.90 bits per heavy atom. The number of hydrogen-bond donors (Lipinski definition) is 1. The number of allylic oxidation sites excluding steroid dienone is 1. The fraction of sp³-hybridized carbons (Fsp3) is 0.375. The number of carbonyl (C=O) groups excluding carboxylic acids is 2. The SMILES string of the molecule is C=CCc1cc(CO)cc2c1CN(CC(=O)OCC)C2=O. The van der Waals surface area contributed by atoms with Crippen molar-refractivity contribution in [3.8, 4) is 0 Å². The zero-order valence-electron chi connectivity index (χ0n) is 12.1. The first-order valence-corrected chi connectivity index (χ1v) is 6.92. The minimum Gasteiger partial charge on any atom is -0.465 e. The summed E-state index contributed by atoms with van der Waals surface area (Å²) in [6.07, 6.45) is 2.38. The maximum atomic E-state index is 12.4. The molecule has 5 nitrogen and oxygen atoms in total. The van der Waals surface area contributed by atoms with Crippen LogP contribution in [0.4, 0.5) is 0 Å². The zero-order chi connectivity index (χ0) is 15.4. The fourth-order valence-corrected chi connectivity index (χ4v) is 2.53. The minimum atomic E-state index is -0.411. The molecule has 0 aromatic heterocycles. The molecule has 0 saturated carbocycles. The van der Waals surface area contributed by atoms with E-state index in [2.05, 4.69) is 6.58 Å². The third kappa shape index (κ3) is 3.13. The lowest BCUT2D eigenvalue weighted by atomic mass is 9.97. The van der Waals surface area contributed by atoms with Gasteiger partial charge in [-0.25, -0.2) is 0 Å². The van der Waals surface area contributed by atoms with E-state index in [1.54, 1.807) is 19.1 Å². The summed E-state index contributed by atoms with van der Waals surface area (Å²) in [4.78, 5) is 25.4. The average Bonchev–Trinajstić information content (AvgIpc) is 2.77. The van der Waals surface area contributed by atoms with Gasteiger partial charge in [-0.1, -0.05) is 12.1 Å². The number of esters is 1. The molecular formula is C16H19NO4. The maximum absolute atomic E-state index is 12.4. The highest BCUT2D eigenvalue weighted by Gasteiger charge is 2.31. The van der Waals surface area contributed by atoms with Crippen LogP contribution in [0, 0.1) is 0 Å². The Kier molecular flexibility index (Phi) is 4.75. The van der Waals surface area contributed by atoms with Crippen LogP contribution in [-0.2, 0) is 29.1 Å². The maximum Gasteiger partial charge on any atom is 0.325 e. The number of ether oxygens (including phenoxy) is 1. The summed E-state index contributed by atoms with van der Waals surface area (Å²) < 4.78 is 4.88. The van der Waals surface area contributed by atoms with Crippen molar-refractivity contribution >= 4 is 11.9 Å². The molecule has 112 valence electrons. The summed E-state index contributed by atoms with van der Waals surface area (Å²) in [5, 5.41) is 9.30. The van der Waals surface area contributed by atoms with Crippen molar-refractivity contribution in [1.82, 2.24) is 4.90 Å². The van der Waals surface area contributed by atoms with Crippen LogP contribution in [0.1, 0.15) is 34.0 Å².